The van der Waals surface area contributed by atoms with Crippen LogP contribution in [0.3, 0.4) is 0 Å². The number of carbonyl (C=O) groups is 1. The molecule has 0 aromatic carbocycles. The molecule has 0 saturated carbocycles. The summed E-state index contributed by atoms with van der Waals surface area (Å²) in [6.07, 6.45) is 9.72. The maximum Gasteiger partial charge on any atom is 0.158 e. The first-order valence-electron chi connectivity index (χ1n) is 18.2. The molecule has 0 aromatic heterocycles. The second-order valence-corrected chi connectivity index (χ2v) is 17.6. The Morgan fingerprint density at radius 3 is 1.27 bits per heavy atom. The van der Waals surface area contributed by atoms with E-state index in [0.717, 1.165) is 23.5 Å². The molecule has 1 heterocycles. The molecule has 5 heteroatoms. The number of ether oxygens (including phenoxy) is 1. The van der Waals surface area contributed by atoms with Crippen molar-refractivity contribution < 1.29 is 24.9 Å². The van der Waals surface area contributed by atoms with Gasteiger partial charge in [-0.1, -0.05) is 95.9 Å². The molecule has 0 aliphatic carbocycles. The number of allylic oxidation sites excluding steroid dienone is 6. The summed E-state index contributed by atoms with van der Waals surface area (Å²) in [6, 6.07) is 0. The molecule has 1 aliphatic heterocycles. The first kappa shape index (κ1) is 53.3. The molecule has 0 spiro atoms. The summed E-state index contributed by atoms with van der Waals surface area (Å²) in [5.41, 5.74) is 3.42. The van der Waals surface area contributed by atoms with Crippen LogP contribution in [-0.2, 0) is 9.53 Å². The summed E-state index contributed by atoms with van der Waals surface area (Å²) in [5, 5.41) is 28.4. The molecule has 3 atom stereocenters. The molecule has 1 saturated heterocycles. The van der Waals surface area contributed by atoms with Gasteiger partial charge in [0.25, 0.3) is 0 Å². The van der Waals surface area contributed by atoms with Crippen molar-refractivity contribution in [3.05, 3.63) is 46.6 Å². The Hall–Kier alpha value is -1.53. The van der Waals surface area contributed by atoms with Crippen LogP contribution in [0.4, 0.5) is 0 Å². The standard InChI is InChI=1S/C11H24O.C8H16O2.2C8H14O.C8H16/c1-8(2)7-10(9(3)4)11(5,6)12;1-6(2)5-7(9)8(3,4)10;1-6(2)5-7-8(3,4)9-7;1-6(2)5-8(9)7(3)4;1-7(2)5-6-8(3)4/h8-10,12H,7H2,1-6H3;5,7,9-10H,1-4H3;2*5,7H,1-4H3;5,8H,6H2,1-4H3. The highest BCUT2D eigenvalue weighted by atomic mass is 16.6. The Balaban J connectivity index is -0.000000254. The first-order valence-corrected chi connectivity index (χ1v) is 18.2. The van der Waals surface area contributed by atoms with E-state index >= 15 is 0 Å². The predicted molar refractivity (Wildman–Crippen MR) is 212 cm³/mol. The van der Waals surface area contributed by atoms with Gasteiger partial charge < -0.3 is 20.1 Å². The molecule has 0 aromatic rings. The van der Waals surface area contributed by atoms with Crippen molar-refractivity contribution in [2.45, 2.75) is 194 Å². The number of hydrogen-bond donors (Lipinski definition) is 3. The van der Waals surface area contributed by atoms with Crippen LogP contribution < -0.4 is 0 Å². The van der Waals surface area contributed by atoms with Crippen LogP contribution in [0.2, 0.25) is 0 Å². The third-order valence-corrected chi connectivity index (χ3v) is 7.19. The second kappa shape index (κ2) is 25.4. The van der Waals surface area contributed by atoms with Crippen molar-refractivity contribution in [2.75, 3.05) is 0 Å². The number of epoxide rings is 1. The molecular formula is C43H84O5. The minimum absolute atomic E-state index is 0.122. The molecule has 3 N–H and O–H groups in total. The van der Waals surface area contributed by atoms with E-state index in [4.69, 9.17) is 4.74 Å². The molecular weight excluding hydrogens is 596 g/mol. The predicted octanol–water partition coefficient (Wildman–Crippen LogP) is 11.5. The van der Waals surface area contributed by atoms with Gasteiger partial charge in [0.2, 0.25) is 0 Å². The number of ketones is 1. The number of rotatable bonds is 11. The Kier molecular flexibility index (Phi) is 28.2. The molecule has 286 valence electrons. The normalized spacial score (nSPS) is 15.9. The summed E-state index contributed by atoms with van der Waals surface area (Å²) in [4.78, 5) is 10.9. The average molecular weight is 681 g/mol. The molecule has 5 nitrogen and oxygen atoms in total. The largest absolute Gasteiger partial charge is 0.390 e. The SMILES string of the molecule is CC(C)=CC(=O)C(C)C.CC(C)=CC(O)C(C)(C)O.CC(C)=CC1OC1(C)C.CC(C)=CCC(C)C.CC(C)CC(C(C)C)C(C)(C)O. The fourth-order valence-corrected chi connectivity index (χ4v) is 4.16. The molecule has 0 amide bonds. The summed E-state index contributed by atoms with van der Waals surface area (Å²) in [6.45, 7) is 44.4. The molecule has 0 radical (unpaired) electrons. The fraction of sp³-hybridized carbons (Fsp3) is 0.791. The number of aliphatic hydroxyl groups excluding tert-OH is 1. The smallest absolute Gasteiger partial charge is 0.158 e. The average Bonchev–Trinajstić information content (AvgIpc) is 3.44. The summed E-state index contributed by atoms with van der Waals surface area (Å²) in [7, 11) is 0. The third-order valence-electron chi connectivity index (χ3n) is 7.19. The summed E-state index contributed by atoms with van der Waals surface area (Å²) >= 11 is 0. The zero-order valence-corrected chi connectivity index (χ0v) is 35.9. The van der Waals surface area contributed by atoms with Crippen molar-refractivity contribution in [1.82, 2.24) is 0 Å². The van der Waals surface area contributed by atoms with Crippen LogP contribution in [0.5, 0.6) is 0 Å². The lowest BCUT2D eigenvalue weighted by atomic mass is 9.77. The lowest BCUT2D eigenvalue weighted by molar-refractivity contribution is -0.117. The third kappa shape index (κ3) is 35.8. The lowest BCUT2D eigenvalue weighted by Gasteiger charge is -2.33. The van der Waals surface area contributed by atoms with E-state index in [2.05, 4.69) is 95.2 Å². The van der Waals surface area contributed by atoms with E-state index in [-0.39, 0.29) is 17.3 Å². The molecule has 1 aliphatic rings. The van der Waals surface area contributed by atoms with Gasteiger partial charge in [0.05, 0.1) is 16.8 Å². The van der Waals surface area contributed by atoms with E-state index in [1.807, 2.05) is 55.4 Å². The summed E-state index contributed by atoms with van der Waals surface area (Å²) in [5.74, 6) is 2.81. The molecule has 48 heavy (non-hydrogen) atoms. The molecule has 0 bridgehead atoms. The highest BCUT2D eigenvalue weighted by molar-refractivity contribution is 5.91. The molecule has 1 fully saturated rings. The van der Waals surface area contributed by atoms with Gasteiger partial charge in [0.1, 0.15) is 12.2 Å². The lowest BCUT2D eigenvalue weighted by Crippen LogP contribution is -2.35. The van der Waals surface area contributed by atoms with E-state index in [1.54, 1.807) is 26.0 Å². The monoisotopic (exact) mass is 681 g/mol. The number of hydrogen-bond acceptors (Lipinski definition) is 5. The van der Waals surface area contributed by atoms with Crippen LogP contribution in [0.25, 0.3) is 0 Å². The van der Waals surface area contributed by atoms with Crippen molar-refractivity contribution in [2.24, 2.45) is 29.6 Å². The highest BCUT2D eigenvalue weighted by Gasteiger charge is 2.45. The van der Waals surface area contributed by atoms with Gasteiger partial charge >= 0.3 is 0 Å². The van der Waals surface area contributed by atoms with Crippen molar-refractivity contribution >= 4 is 5.78 Å². The zero-order valence-electron chi connectivity index (χ0n) is 35.9. The van der Waals surface area contributed by atoms with Gasteiger partial charge in [-0.15, -0.1) is 0 Å². The van der Waals surface area contributed by atoms with E-state index in [9.17, 15) is 20.1 Å². The van der Waals surface area contributed by atoms with E-state index < -0.39 is 17.3 Å². The van der Waals surface area contributed by atoms with Gasteiger partial charge in [-0.05, 0) is 140 Å². The van der Waals surface area contributed by atoms with Crippen LogP contribution in [0.15, 0.2) is 46.6 Å². The molecule has 1 rings (SSSR count). The van der Waals surface area contributed by atoms with Crippen LogP contribution in [0, 0.1) is 29.6 Å². The highest BCUT2D eigenvalue weighted by Crippen LogP contribution is 2.36. The molecule has 3 unspecified atom stereocenters. The minimum Gasteiger partial charge on any atom is -0.390 e. The van der Waals surface area contributed by atoms with Crippen molar-refractivity contribution in [3.63, 3.8) is 0 Å². The van der Waals surface area contributed by atoms with Crippen LogP contribution in [0.1, 0.15) is 165 Å². The van der Waals surface area contributed by atoms with Gasteiger partial charge in [0.15, 0.2) is 5.78 Å². The zero-order chi connectivity index (χ0) is 39.4. The van der Waals surface area contributed by atoms with Crippen LogP contribution in [-0.4, -0.2) is 50.1 Å². The van der Waals surface area contributed by atoms with Gasteiger partial charge in [0, 0.05) is 5.92 Å². The Bertz CT molecular complexity index is 960. The maximum atomic E-state index is 10.9. The van der Waals surface area contributed by atoms with Gasteiger partial charge in [-0.3, -0.25) is 4.79 Å². The first-order chi connectivity index (χ1) is 21.3. The van der Waals surface area contributed by atoms with Crippen LogP contribution >= 0.6 is 0 Å². The number of aliphatic hydroxyl groups is 3. The van der Waals surface area contributed by atoms with Gasteiger partial charge in [-0.25, -0.2) is 0 Å². The van der Waals surface area contributed by atoms with Crippen molar-refractivity contribution in [1.29, 1.82) is 0 Å². The Morgan fingerprint density at radius 1 is 0.729 bits per heavy atom. The topological polar surface area (TPSA) is 90.3 Å². The minimum atomic E-state index is -1.03. The number of carbonyl (C=O) groups excluding carboxylic acids is 1. The van der Waals surface area contributed by atoms with E-state index in [1.165, 1.54) is 17.6 Å². The fourth-order valence-electron chi connectivity index (χ4n) is 4.16. The van der Waals surface area contributed by atoms with E-state index in [0.29, 0.717) is 23.9 Å². The van der Waals surface area contributed by atoms with Gasteiger partial charge in [-0.2, -0.15) is 0 Å². The Morgan fingerprint density at radius 2 is 1.17 bits per heavy atom. The second-order valence-electron chi connectivity index (χ2n) is 17.6. The maximum absolute atomic E-state index is 10.9. The summed E-state index contributed by atoms with van der Waals surface area (Å²) < 4.78 is 5.34. The quantitative estimate of drug-likeness (QED) is 0.115. The Labute approximate surface area is 300 Å². The van der Waals surface area contributed by atoms with Crippen molar-refractivity contribution in [3.8, 4) is 0 Å².